The van der Waals surface area contributed by atoms with Crippen molar-refractivity contribution in [1.82, 2.24) is 19.7 Å². The summed E-state index contributed by atoms with van der Waals surface area (Å²) in [6.07, 6.45) is 3.35. The normalized spacial score (nSPS) is 18.3. The molecule has 1 aromatic heterocycles. The van der Waals surface area contributed by atoms with Gasteiger partial charge in [-0.3, -0.25) is 4.79 Å². The van der Waals surface area contributed by atoms with Gasteiger partial charge < -0.3 is 9.47 Å². The minimum atomic E-state index is -0.148. The summed E-state index contributed by atoms with van der Waals surface area (Å²) in [6.45, 7) is 3.48. The number of carbonyl (C=O) groups is 1. The van der Waals surface area contributed by atoms with Crippen molar-refractivity contribution >= 4 is 17.7 Å². The van der Waals surface area contributed by atoms with Crippen LogP contribution in [0.5, 0.6) is 0 Å². The van der Waals surface area contributed by atoms with Crippen LogP contribution in [0.1, 0.15) is 42.6 Å². The van der Waals surface area contributed by atoms with Crippen LogP contribution in [0.25, 0.3) is 0 Å². The molecule has 1 aromatic carbocycles. The summed E-state index contributed by atoms with van der Waals surface area (Å²) in [5.74, 6) is 1.82. The van der Waals surface area contributed by atoms with Gasteiger partial charge in [-0.2, -0.15) is 0 Å². The lowest BCUT2D eigenvalue weighted by Crippen LogP contribution is -2.40. The lowest BCUT2D eigenvalue weighted by Gasteiger charge is -2.30. The summed E-state index contributed by atoms with van der Waals surface area (Å²) in [5.41, 5.74) is 2.63. The van der Waals surface area contributed by atoms with Crippen LogP contribution < -0.4 is 0 Å². The third-order valence-electron chi connectivity index (χ3n) is 4.88. The van der Waals surface area contributed by atoms with Gasteiger partial charge in [-0.15, -0.1) is 10.2 Å². The van der Waals surface area contributed by atoms with Gasteiger partial charge in [0.1, 0.15) is 5.82 Å². The van der Waals surface area contributed by atoms with Crippen LogP contribution in [0, 0.1) is 0 Å². The van der Waals surface area contributed by atoms with Crippen LogP contribution in [0.3, 0.4) is 0 Å². The van der Waals surface area contributed by atoms with Crippen LogP contribution in [-0.2, 0) is 24.8 Å². The summed E-state index contributed by atoms with van der Waals surface area (Å²) in [7, 11) is 2.00. The monoisotopic (exact) mass is 342 g/mol. The Morgan fingerprint density at radius 2 is 2.00 bits per heavy atom. The third kappa shape index (κ3) is 2.95. The second-order valence-corrected chi connectivity index (χ2v) is 8.02. The summed E-state index contributed by atoms with van der Waals surface area (Å²) < 4.78 is 2.05. The molecule has 0 spiro atoms. The number of benzene rings is 1. The smallest absolute Gasteiger partial charge is 0.236 e. The van der Waals surface area contributed by atoms with E-state index in [0.29, 0.717) is 12.5 Å². The molecule has 2 aliphatic rings. The second-order valence-electron chi connectivity index (χ2n) is 6.71. The number of hydrogen-bond acceptors (Lipinski definition) is 4. The zero-order chi connectivity index (χ0) is 16.7. The molecule has 1 atom stereocenters. The largest absolute Gasteiger partial charge is 0.337 e. The van der Waals surface area contributed by atoms with Crippen molar-refractivity contribution in [2.75, 3.05) is 6.54 Å². The molecule has 1 fully saturated rings. The Kier molecular flexibility index (Phi) is 4.08. The summed E-state index contributed by atoms with van der Waals surface area (Å²) >= 11 is 1.52. The highest BCUT2D eigenvalue weighted by Gasteiger charge is 2.31. The first kappa shape index (κ1) is 15.7. The highest BCUT2D eigenvalue weighted by atomic mass is 32.2. The number of rotatable bonds is 4. The highest BCUT2D eigenvalue weighted by molar-refractivity contribution is 8.00. The molecule has 0 bridgehead atoms. The number of hydrogen-bond donors (Lipinski definition) is 0. The molecule has 126 valence electrons. The molecule has 2 aromatic rings. The number of fused-ring (bicyclic) bond motifs is 1. The molecular formula is C18H22N4OS. The molecule has 0 unspecified atom stereocenters. The lowest BCUT2D eigenvalue weighted by molar-refractivity contribution is -0.131. The Bertz CT molecular complexity index is 768. The molecule has 6 heteroatoms. The van der Waals surface area contributed by atoms with E-state index >= 15 is 0 Å². The number of nitrogens with zero attached hydrogens (tertiary/aromatic N) is 4. The summed E-state index contributed by atoms with van der Waals surface area (Å²) in [4.78, 5) is 14.8. The SMILES string of the molecule is C[C@@H](Sc1nnc(C2CC2)n1C)C(=O)N1CCc2ccccc2C1. The zero-order valence-electron chi connectivity index (χ0n) is 14.1. The topological polar surface area (TPSA) is 51.0 Å². The minimum absolute atomic E-state index is 0.148. The van der Waals surface area contributed by atoms with Gasteiger partial charge in [-0.1, -0.05) is 36.0 Å². The van der Waals surface area contributed by atoms with Gasteiger partial charge >= 0.3 is 0 Å². The maximum absolute atomic E-state index is 12.8. The molecule has 1 aliphatic heterocycles. The molecule has 0 saturated heterocycles. The van der Waals surface area contributed by atoms with E-state index < -0.39 is 0 Å². The number of thioether (sulfide) groups is 1. The summed E-state index contributed by atoms with van der Waals surface area (Å²) in [5, 5.41) is 9.28. The van der Waals surface area contributed by atoms with Crippen LogP contribution in [0.2, 0.25) is 0 Å². The number of carbonyl (C=O) groups excluding carboxylic acids is 1. The Labute approximate surface area is 146 Å². The Morgan fingerprint density at radius 1 is 1.25 bits per heavy atom. The molecule has 5 nitrogen and oxygen atoms in total. The van der Waals surface area contributed by atoms with Crippen LogP contribution >= 0.6 is 11.8 Å². The minimum Gasteiger partial charge on any atom is -0.337 e. The van der Waals surface area contributed by atoms with Gasteiger partial charge in [0.15, 0.2) is 5.16 Å². The van der Waals surface area contributed by atoms with E-state index in [9.17, 15) is 4.79 Å². The molecule has 1 amide bonds. The summed E-state index contributed by atoms with van der Waals surface area (Å²) in [6, 6.07) is 8.40. The van der Waals surface area contributed by atoms with E-state index in [1.54, 1.807) is 0 Å². The van der Waals surface area contributed by atoms with Crippen molar-refractivity contribution in [3.63, 3.8) is 0 Å². The fourth-order valence-electron chi connectivity index (χ4n) is 3.28. The second kappa shape index (κ2) is 6.24. The molecule has 1 saturated carbocycles. The van der Waals surface area contributed by atoms with Gasteiger partial charge in [0.25, 0.3) is 0 Å². The quantitative estimate of drug-likeness (QED) is 0.802. The van der Waals surface area contributed by atoms with E-state index in [0.717, 1.165) is 23.9 Å². The lowest BCUT2D eigenvalue weighted by atomic mass is 10.00. The molecule has 2 heterocycles. The van der Waals surface area contributed by atoms with Gasteiger partial charge in [0.05, 0.1) is 5.25 Å². The predicted molar refractivity (Wildman–Crippen MR) is 93.9 cm³/mol. The van der Waals surface area contributed by atoms with E-state index in [-0.39, 0.29) is 11.2 Å². The molecular weight excluding hydrogens is 320 g/mol. The Balaban J connectivity index is 1.43. The molecule has 0 radical (unpaired) electrons. The highest BCUT2D eigenvalue weighted by Crippen LogP contribution is 2.39. The predicted octanol–water partition coefficient (Wildman–Crippen LogP) is 2.76. The first-order valence-electron chi connectivity index (χ1n) is 8.55. The first-order valence-corrected chi connectivity index (χ1v) is 9.43. The van der Waals surface area contributed by atoms with Gasteiger partial charge in [0.2, 0.25) is 5.91 Å². The van der Waals surface area contributed by atoms with Crippen molar-refractivity contribution in [1.29, 1.82) is 0 Å². The van der Waals surface area contributed by atoms with Gasteiger partial charge in [-0.05, 0) is 37.3 Å². The molecule has 1 aliphatic carbocycles. The van der Waals surface area contributed by atoms with E-state index in [1.807, 2.05) is 24.9 Å². The fourth-order valence-corrected chi connectivity index (χ4v) is 4.18. The maximum atomic E-state index is 12.8. The Hall–Kier alpha value is -1.82. The van der Waals surface area contributed by atoms with E-state index in [2.05, 4.69) is 33.0 Å². The van der Waals surface area contributed by atoms with Crippen LogP contribution in [0.4, 0.5) is 0 Å². The average molecular weight is 342 g/mol. The molecule has 4 rings (SSSR count). The zero-order valence-corrected chi connectivity index (χ0v) is 14.9. The molecule has 24 heavy (non-hydrogen) atoms. The van der Waals surface area contributed by atoms with E-state index in [1.165, 1.54) is 35.7 Å². The van der Waals surface area contributed by atoms with Crippen LogP contribution in [0.15, 0.2) is 29.4 Å². The van der Waals surface area contributed by atoms with Crippen LogP contribution in [-0.4, -0.2) is 37.4 Å². The molecule has 0 N–H and O–H groups in total. The average Bonchev–Trinajstić information content (AvgIpc) is 3.39. The van der Waals surface area contributed by atoms with Crippen molar-refractivity contribution < 1.29 is 4.79 Å². The fraction of sp³-hybridized carbons (Fsp3) is 0.500. The van der Waals surface area contributed by atoms with Crippen molar-refractivity contribution in [2.45, 2.75) is 49.1 Å². The number of aromatic nitrogens is 3. The maximum Gasteiger partial charge on any atom is 0.236 e. The van der Waals surface area contributed by atoms with Crippen molar-refractivity contribution in [2.24, 2.45) is 7.05 Å². The van der Waals surface area contributed by atoms with Gasteiger partial charge in [-0.25, -0.2) is 0 Å². The van der Waals surface area contributed by atoms with Crippen molar-refractivity contribution in [3.05, 3.63) is 41.2 Å². The standard InChI is InChI=1S/C18H22N4OS/c1-12(24-18-20-19-16(21(18)2)14-7-8-14)17(23)22-10-9-13-5-3-4-6-15(13)11-22/h3-6,12,14H,7-11H2,1-2H3/t12-/m1/s1. The van der Waals surface area contributed by atoms with E-state index in [4.69, 9.17) is 0 Å². The van der Waals surface area contributed by atoms with Gasteiger partial charge in [0, 0.05) is 26.1 Å². The Morgan fingerprint density at radius 3 is 2.75 bits per heavy atom. The first-order chi connectivity index (χ1) is 11.6. The third-order valence-corrected chi connectivity index (χ3v) is 6.00. The number of amides is 1. The van der Waals surface area contributed by atoms with Crippen molar-refractivity contribution in [3.8, 4) is 0 Å².